The molecule has 4 rings (SSSR count). The minimum Gasteiger partial charge on any atom is -0.280 e. The molecule has 1 heterocycles. The SMILES string of the molecule is Cc1cccc(CCC2=C(C3CC3)CN=C2c2c(C)cccc2Cl)c1. The maximum absolute atomic E-state index is 6.55. The second-order valence-corrected chi connectivity index (χ2v) is 7.77. The highest BCUT2D eigenvalue weighted by molar-refractivity contribution is 6.36. The number of halogens is 1. The van der Waals surface area contributed by atoms with Gasteiger partial charge in [0.05, 0.1) is 17.3 Å². The van der Waals surface area contributed by atoms with Crippen LogP contribution in [0.25, 0.3) is 0 Å². The molecule has 0 aromatic heterocycles. The summed E-state index contributed by atoms with van der Waals surface area (Å²) in [5.41, 5.74) is 9.27. The molecule has 2 aliphatic rings. The van der Waals surface area contributed by atoms with Gasteiger partial charge in [-0.25, -0.2) is 0 Å². The number of rotatable bonds is 5. The number of allylic oxidation sites excluding steroid dienone is 1. The molecule has 128 valence electrons. The van der Waals surface area contributed by atoms with Crippen LogP contribution in [0.1, 0.15) is 41.5 Å². The lowest BCUT2D eigenvalue weighted by molar-refractivity contribution is 0.901. The van der Waals surface area contributed by atoms with Crippen LogP contribution in [0, 0.1) is 19.8 Å². The van der Waals surface area contributed by atoms with Crippen LogP contribution in [0.3, 0.4) is 0 Å². The zero-order valence-corrected chi connectivity index (χ0v) is 15.7. The number of hydrogen-bond acceptors (Lipinski definition) is 1. The molecule has 1 aliphatic heterocycles. The Kier molecular flexibility index (Phi) is 4.52. The van der Waals surface area contributed by atoms with Crippen molar-refractivity contribution in [3.05, 3.63) is 80.9 Å². The van der Waals surface area contributed by atoms with Gasteiger partial charge in [0.1, 0.15) is 0 Å². The number of hydrogen-bond donors (Lipinski definition) is 0. The molecule has 0 amide bonds. The van der Waals surface area contributed by atoms with Crippen molar-refractivity contribution in [3.8, 4) is 0 Å². The summed E-state index contributed by atoms with van der Waals surface area (Å²) in [7, 11) is 0. The predicted octanol–water partition coefficient (Wildman–Crippen LogP) is 6.10. The van der Waals surface area contributed by atoms with E-state index in [1.54, 1.807) is 5.57 Å². The molecule has 0 bridgehead atoms. The van der Waals surface area contributed by atoms with Gasteiger partial charge in [-0.3, -0.25) is 4.99 Å². The van der Waals surface area contributed by atoms with Crippen LogP contribution >= 0.6 is 11.6 Å². The van der Waals surface area contributed by atoms with Crippen molar-refractivity contribution in [2.45, 2.75) is 39.5 Å². The zero-order chi connectivity index (χ0) is 17.4. The van der Waals surface area contributed by atoms with Gasteiger partial charge < -0.3 is 0 Å². The zero-order valence-electron chi connectivity index (χ0n) is 15.0. The second kappa shape index (κ2) is 6.80. The van der Waals surface area contributed by atoms with Gasteiger partial charge in [-0.15, -0.1) is 0 Å². The number of aliphatic imine (C=N–C) groups is 1. The molecular formula is C23H24ClN. The average Bonchev–Trinajstić information content (AvgIpc) is 3.34. The van der Waals surface area contributed by atoms with Gasteiger partial charge in [0.2, 0.25) is 0 Å². The van der Waals surface area contributed by atoms with Gasteiger partial charge in [0.25, 0.3) is 0 Å². The van der Waals surface area contributed by atoms with E-state index in [1.165, 1.54) is 35.1 Å². The normalized spacial score (nSPS) is 17.2. The molecule has 1 fully saturated rings. The van der Waals surface area contributed by atoms with E-state index < -0.39 is 0 Å². The number of benzene rings is 2. The molecule has 1 saturated carbocycles. The van der Waals surface area contributed by atoms with Gasteiger partial charge >= 0.3 is 0 Å². The minimum atomic E-state index is 0.761. The van der Waals surface area contributed by atoms with Crippen molar-refractivity contribution in [3.63, 3.8) is 0 Å². The first kappa shape index (κ1) is 16.6. The van der Waals surface area contributed by atoms with Crippen LogP contribution in [0.15, 0.2) is 58.6 Å². The van der Waals surface area contributed by atoms with Gasteiger partial charge in [0.15, 0.2) is 0 Å². The molecule has 0 saturated heterocycles. The van der Waals surface area contributed by atoms with Crippen molar-refractivity contribution < 1.29 is 0 Å². The van der Waals surface area contributed by atoms with E-state index in [1.807, 2.05) is 12.1 Å². The molecule has 0 radical (unpaired) electrons. The highest BCUT2D eigenvalue weighted by Crippen LogP contribution is 2.42. The van der Waals surface area contributed by atoms with Crippen molar-refractivity contribution in [1.82, 2.24) is 0 Å². The van der Waals surface area contributed by atoms with Crippen LogP contribution in [-0.2, 0) is 6.42 Å². The largest absolute Gasteiger partial charge is 0.280 e. The summed E-state index contributed by atoms with van der Waals surface area (Å²) in [5.74, 6) is 0.761. The van der Waals surface area contributed by atoms with Crippen LogP contribution in [-0.4, -0.2) is 12.3 Å². The summed E-state index contributed by atoms with van der Waals surface area (Å²) in [6, 6.07) is 15.0. The fourth-order valence-electron chi connectivity index (χ4n) is 3.89. The van der Waals surface area contributed by atoms with E-state index in [9.17, 15) is 0 Å². The summed E-state index contributed by atoms with van der Waals surface area (Å²) in [5, 5.41) is 0.823. The first-order valence-electron chi connectivity index (χ1n) is 9.21. The second-order valence-electron chi connectivity index (χ2n) is 7.36. The summed E-state index contributed by atoms with van der Waals surface area (Å²) < 4.78 is 0. The van der Waals surface area contributed by atoms with Crippen molar-refractivity contribution in [2.24, 2.45) is 10.9 Å². The van der Waals surface area contributed by atoms with Crippen molar-refractivity contribution in [1.29, 1.82) is 0 Å². The van der Waals surface area contributed by atoms with Crippen LogP contribution < -0.4 is 0 Å². The molecule has 1 nitrogen and oxygen atoms in total. The summed E-state index contributed by atoms with van der Waals surface area (Å²) in [6.45, 7) is 5.17. The van der Waals surface area contributed by atoms with Crippen LogP contribution in [0.5, 0.6) is 0 Å². The Labute approximate surface area is 155 Å². The molecule has 2 aromatic rings. The summed E-state index contributed by atoms with van der Waals surface area (Å²) >= 11 is 6.55. The molecule has 0 unspecified atom stereocenters. The average molecular weight is 350 g/mol. The van der Waals surface area contributed by atoms with E-state index in [-0.39, 0.29) is 0 Å². The number of nitrogens with zero attached hydrogens (tertiary/aromatic N) is 1. The minimum absolute atomic E-state index is 0.761. The maximum Gasteiger partial charge on any atom is 0.0700 e. The van der Waals surface area contributed by atoms with Crippen LogP contribution in [0.4, 0.5) is 0 Å². The Balaban J connectivity index is 1.66. The van der Waals surface area contributed by atoms with Gasteiger partial charge in [-0.1, -0.05) is 53.6 Å². The number of aryl methyl sites for hydroxylation is 3. The Hall–Kier alpha value is -1.86. The summed E-state index contributed by atoms with van der Waals surface area (Å²) in [4.78, 5) is 4.94. The van der Waals surface area contributed by atoms with E-state index in [2.05, 4.69) is 44.2 Å². The lowest BCUT2D eigenvalue weighted by atomic mass is 9.91. The standard InChI is InChI=1S/C23H24ClN/c1-15-5-3-7-17(13-15)9-12-19-20(18-10-11-18)14-25-23(19)22-16(2)6-4-8-21(22)24/h3-8,13,18H,9-12,14H2,1-2H3. The Bertz CT molecular complexity index is 851. The molecule has 0 N–H and O–H groups in total. The van der Waals surface area contributed by atoms with Gasteiger partial charge in [0, 0.05) is 5.56 Å². The van der Waals surface area contributed by atoms with E-state index >= 15 is 0 Å². The Morgan fingerprint density at radius 1 is 1.04 bits per heavy atom. The van der Waals surface area contributed by atoms with Crippen molar-refractivity contribution >= 4 is 17.3 Å². The third-order valence-electron chi connectivity index (χ3n) is 5.36. The highest BCUT2D eigenvalue weighted by atomic mass is 35.5. The monoisotopic (exact) mass is 349 g/mol. The Morgan fingerprint density at radius 2 is 1.84 bits per heavy atom. The molecule has 0 spiro atoms. The lowest BCUT2D eigenvalue weighted by Gasteiger charge is -2.14. The smallest absolute Gasteiger partial charge is 0.0700 e. The Morgan fingerprint density at radius 3 is 2.56 bits per heavy atom. The van der Waals surface area contributed by atoms with E-state index in [4.69, 9.17) is 16.6 Å². The molecular weight excluding hydrogens is 326 g/mol. The molecule has 1 aliphatic carbocycles. The predicted molar refractivity (Wildman–Crippen MR) is 107 cm³/mol. The topological polar surface area (TPSA) is 12.4 Å². The first-order chi connectivity index (χ1) is 12.1. The fraction of sp³-hybridized carbons (Fsp3) is 0.348. The van der Waals surface area contributed by atoms with Gasteiger partial charge in [-0.2, -0.15) is 0 Å². The maximum atomic E-state index is 6.55. The summed E-state index contributed by atoms with van der Waals surface area (Å²) in [6.07, 6.45) is 4.77. The van der Waals surface area contributed by atoms with E-state index in [0.29, 0.717) is 0 Å². The quantitative estimate of drug-likeness (QED) is 0.618. The van der Waals surface area contributed by atoms with Crippen LogP contribution in [0.2, 0.25) is 5.02 Å². The molecule has 0 atom stereocenters. The van der Waals surface area contributed by atoms with Crippen molar-refractivity contribution in [2.75, 3.05) is 6.54 Å². The van der Waals surface area contributed by atoms with Gasteiger partial charge in [-0.05, 0) is 73.8 Å². The highest BCUT2D eigenvalue weighted by Gasteiger charge is 2.33. The lowest BCUT2D eigenvalue weighted by Crippen LogP contribution is -2.08. The molecule has 2 aromatic carbocycles. The fourth-order valence-corrected chi connectivity index (χ4v) is 4.20. The third-order valence-corrected chi connectivity index (χ3v) is 5.67. The van der Waals surface area contributed by atoms with E-state index in [0.717, 1.165) is 41.6 Å². The molecule has 2 heteroatoms. The first-order valence-corrected chi connectivity index (χ1v) is 9.59. The third kappa shape index (κ3) is 3.43. The molecule has 25 heavy (non-hydrogen) atoms.